The number of aromatic nitrogens is 1. The number of pyridine rings is 1. The number of nitrogens with zero attached hydrogens (tertiary/aromatic N) is 1. The van der Waals surface area contributed by atoms with Gasteiger partial charge in [0.2, 0.25) is 0 Å². The first-order valence-electron chi connectivity index (χ1n) is 11.2. The number of carbonyl (C=O) groups is 1. The van der Waals surface area contributed by atoms with Gasteiger partial charge in [-0.3, -0.25) is 9.78 Å². The number of aryl methyl sites for hydroxylation is 1. The first-order chi connectivity index (χ1) is 15.9. The Hall–Kier alpha value is -3.09. The molecule has 0 bridgehead atoms. The minimum atomic E-state index is -1.01. The fraction of sp³-hybridized carbons (Fsp3) is 0.333. The molecule has 2 atom stereocenters. The lowest BCUT2D eigenvalue weighted by molar-refractivity contribution is -0.143. The van der Waals surface area contributed by atoms with E-state index in [1.54, 1.807) is 18.2 Å². The highest BCUT2D eigenvalue weighted by Gasteiger charge is 2.29. The maximum Gasteiger partial charge on any atom is 0.308 e. The number of aliphatic hydroxyl groups excluding tert-OH is 2. The van der Waals surface area contributed by atoms with Crippen LogP contribution in [0.25, 0.3) is 28.1 Å². The van der Waals surface area contributed by atoms with Crippen LogP contribution in [0.5, 0.6) is 0 Å². The van der Waals surface area contributed by atoms with Crippen LogP contribution < -0.4 is 0 Å². The fourth-order valence-corrected chi connectivity index (χ4v) is 4.10. The zero-order valence-electron chi connectivity index (χ0n) is 18.8. The summed E-state index contributed by atoms with van der Waals surface area (Å²) < 4.78 is 18.2. The minimum Gasteiger partial charge on any atom is -0.469 e. The molecule has 0 spiro atoms. The van der Waals surface area contributed by atoms with Crippen LogP contribution in [0.1, 0.15) is 48.4 Å². The zero-order valence-corrected chi connectivity index (χ0v) is 18.8. The van der Waals surface area contributed by atoms with Gasteiger partial charge in [-0.25, -0.2) is 4.39 Å². The number of carbonyl (C=O) groups excluding carboxylic acids is 1. The van der Waals surface area contributed by atoms with Gasteiger partial charge in [0.1, 0.15) is 5.82 Å². The number of hydrogen-bond donors (Lipinski definition) is 2. The van der Waals surface area contributed by atoms with E-state index in [9.17, 15) is 19.4 Å². The number of fused-ring (bicyclic) bond motifs is 1. The zero-order chi connectivity index (χ0) is 23.5. The molecule has 0 amide bonds. The Labute approximate surface area is 192 Å². The Morgan fingerprint density at radius 3 is 2.61 bits per heavy atom. The normalized spacial score (nSPS) is 15.7. The van der Waals surface area contributed by atoms with Crippen molar-refractivity contribution in [3.8, 4) is 11.1 Å². The number of methoxy groups -OCH3 is 1. The maximum absolute atomic E-state index is 13.7. The molecule has 4 rings (SSSR count). The van der Waals surface area contributed by atoms with Crippen LogP contribution in [0.4, 0.5) is 4.39 Å². The molecule has 1 aliphatic carbocycles. The van der Waals surface area contributed by atoms with Gasteiger partial charge < -0.3 is 14.9 Å². The summed E-state index contributed by atoms with van der Waals surface area (Å²) in [5.74, 6) is -0.486. The van der Waals surface area contributed by atoms with Crippen molar-refractivity contribution in [2.75, 3.05) is 7.11 Å². The highest BCUT2D eigenvalue weighted by molar-refractivity contribution is 5.99. The van der Waals surface area contributed by atoms with Gasteiger partial charge in [0.25, 0.3) is 0 Å². The molecular weight excluding hydrogens is 421 g/mol. The van der Waals surface area contributed by atoms with Gasteiger partial charge in [-0.2, -0.15) is 0 Å². The number of benzene rings is 2. The van der Waals surface area contributed by atoms with Gasteiger partial charge >= 0.3 is 5.97 Å². The number of esters is 1. The van der Waals surface area contributed by atoms with Crippen LogP contribution in [0.3, 0.4) is 0 Å². The van der Waals surface area contributed by atoms with E-state index in [4.69, 9.17) is 4.98 Å². The molecule has 1 saturated carbocycles. The number of ether oxygens (including phenoxy) is 1. The van der Waals surface area contributed by atoms with Gasteiger partial charge in [-0.05, 0) is 49.1 Å². The van der Waals surface area contributed by atoms with Crippen LogP contribution in [-0.2, 0) is 9.53 Å². The Morgan fingerprint density at radius 2 is 1.94 bits per heavy atom. The lowest BCUT2D eigenvalue weighted by Gasteiger charge is -2.17. The van der Waals surface area contributed by atoms with E-state index in [0.29, 0.717) is 5.92 Å². The van der Waals surface area contributed by atoms with Crippen molar-refractivity contribution in [1.29, 1.82) is 0 Å². The molecule has 1 heterocycles. The van der Waals surface area contributed by atoms with Gasteiger partial charge in [0.05, 0.1) is 36.9 Å². The second-order valence-corrected chi connectivity index (χ2v) is 8.68. The van der Waals surface area contributed by atoms with Gasteiger partial charge in [-0.15, -0.1) is 0 Å². The molecule has 2 N–H and O–H groups in total. The highest BCUT2D eigenvalue weighted by Crippen LogP contribution is 2.45. The fourth-order valence-electron chi connectivity index (χ4n) is 4.10. The largest absolute Gasteiger partial charge is 0.469 e. The highest BCUT2D eigenvalue weighted by atomic mass is 19.1. The van der Waals surface area contributed by atoms with E-state index in [2.05, 4.69) is 10.8 Å². The molecule has 2 unspecified atom stereocenters. The summed E-state index contributed by atoms with van der Waals surface area (Å²) in [6, 6.07) is 12.5. The topological polar surface area (TPSA) is 79.7 Å². The third-order valence-electron chi connectivity index (χ3n) is 5.93. The summed E-state index contributed by atoms with van der Waals surface area (Å²) in [5.41, 5.74) is 5.67. The number of halogens is 1. The Balaban J connectivity index is 1.77. The lowest BCUT2D eigenvalue weighted by atomic mass is 9.91. The minimum absolute atomic E-state index is 0.0104. The average molecular weight is 450 g/mol. The molecule has 0 saturated heterocycles. The van der Waals surface area contributed by atoms with Crippen LogP contribution in [-0.4, -0.2) is 40.5 Å². The van der Waals surface area contributed by atoms with Crippen LogP contribution in [0, 0.1) is 12.7 Å². The van der Waals surface area contributed by atoms with Crippen molar-refractivity contribution in [1.82, 2.24) is 4.98 Å². The molecule has 0 radical (unpaired) electrons. The van der Waals surface area contributed by atoms with E-state index in [1.807, 2.05) is 25.1 Å². The standard InChI is InChI=1S/C27H28FNO4/c1-16-3-11-22-24(13-16)29-27(18-4-5-18)23(26(22)17-6-8-19(28)9-7-17)12-10-20(30)14-21(31)15-25(32)33-2/h3,6-13,18,20-21,30-31H,4-5,14-15H2,1-2H3/b12-10+. The number of aliphatic hydroxyl groups is 2. The smallest absolute Gasteiger partial charge is 0.308 e. The lowest BCUT2D eigenvalue weighted by Crippen LogP contribution is -2.20. The number of rotatable bonds is 8. The second kappa shape index (κ2) is 9.81. The molecule has 172 valence electrons. The van der Waals surface area contributed by atoms with Crippen molar-refractivity contribution >= 4 is 22.9 Å². The Morgan fingerprint density at radius 1 is 1.21 bits per heavy atom. The summed E-state index contributed by atoms with van der Waals surface area (Å²) in [6.45, 7) is 2.03. The molecular formula is C27H28FNO4. The molecule has 0 aliphatic heterocycles. The third-order valence-corrected chi connectivity index (χ3v) is 5.93. The Kier molecular flexibility index (Phi) is 6.86. The maximum atomic E-state index is 13.7. The number of hydrogen-bond acceptors (Lipinski definition) is 5. The van der Waals surface area contributed by atoms with E-state index >= 15 is 0 Å². The van der Waals surface area contributed by atoms with Gasteiger partial charge in [-0.1, -0.05) is 36.4 Å². The van der Waals surface area contributed by atoms with Crippen molar-refractivity contribution in [3.63, 3.8) is 0 Å². The molecule has 1 aliphatic rings. The SMILES string of the molecule is COC(=O)CC(O)CC(O)/C=C/c1c(C2CC2)nc2cc(C)ccc2c1-c1ccc(F)cc1. The summed E-state index contributed by atoms with van der Waals surface area (Å²) in [4.78, 5) is 16.3. The van der Waals surface area contributed by atoms with Gasteiger partial charge in [0.15, 0.2) is 0 Å². The second-order valence-electron chi connectivity index (χ2n) is 8.68. The van der Waals surface area contributed by atoms with Crippen LogP contribution in [0.15, 0.2) is 48.5 Å². The quantitative estimate of drug-likeness (QED) is 0.478. The predicted molar refractivity (Wildman–Crippen MR) is 126 cm³/mol. The van der Waals surface area contributed by atoms with E-state index in [1.165, 1.54) is 19.2 Å². The summed E-state index contributed by atoms with van der Waals surface area (Å²) in [5, 5.41) is 21.5. The summed E-state index contributed by atoms with van der Waals surface area (Å²) in [7, 11) is 1.26. The average Bonchev–Trinajstić information content (AvgIpc) is 3.62. The van der Waals surface area contributed by atoms with Crippen molar-refractivity contribution in [3.05, 3.63) is 71.2 Å². The molecule has 33 heavy (non-hydrogen) atoms. The first-order valence-corrected chi connectivity index (χ1v) is 11.2. The molecule has 2 aromatic carbocycles. The van der Waals surface area contributed by atoms with E-state index in [-0.39, 0.29) is 18.7 Å². The van der Waals surface area contributed by atoms with Crippen LogP contribution >= 0.6 is 0 Å². The van der Waals surface area contributed by atoms with Crippen molar-refractivity contribution < 1.29 is 24.1 Å². The molecule has 5 nitrogen and oxygen atoms in total. The van der Waals surface area contributed by atoms with Crippen molar-refractivity contribution in [2.24, 2.45) is 0 Å². The molecule has 1 fully saturated rings. The Bertz CT molecular complexity index is 1180. The van der Waals surface area contributed by atoms with Crippen molar-refractivity contribution in [2.45, 2.75) is 50.7 Å². The van der Waals surface area contributed by atoms with E-state index < -0.39 is 18.2 Å². The van der Waals surface area contributed by atoms with Gasteiger partial charge in [0, 0.05) is 28.9 Å². The summed E-state index contributed by atoms with van der Waals surface area (Å²) >= 11 is 0. The van der Waals surface area contributed by atoms with E-state index in [0.717, 1.165) is 51.7 Å². The third kappa shape index (κ3) is 5.46. The molecule has 1 aromatic heterocycles. The van der Waals surface area contributed by atoms with Crippen LogP contribution in [0.2, 0.25) is 0 Å². The monoisotopic (exact) mass is 449 g/mol. The first kappa shape index (κ1) is 23.1. The summed E-state index contributed by atoms with van der Waals surface area (Å²) in [6.07, 6.45) is 3.44. The molecule has 6 heteroatoms. The predicted octanol–water partition coefficient (Wildman–Crippen LogP) is 4.91. The molecule has 3 aromatic rings.